The Morgan fingerprint density at radius 1 is 1.05 bits per heavy atom. The lowest BCUT2D eigenvalue weighted by Gasteiger charge is -2.37. The molecule has 0 atom stereocenters. The molecule has 2 aliphatic heterocycles. The Labute approximate surface area is 121 Å². The number of anilines is 1. The molecule has 20 heavy (non-hydrogen) atoms. The second kappa shape index (κ2) is 5.21. The predicted octanol–water partition coefficient (Wildman–Crippen LogP) is 2.83. The van der Waals surface area contributed by atoms with Crippen LogP contribution in [0.25, 0.3) is 0 Å². The topological polar surface area (TPSA) is 23.6 Å². The van der Waals surface area contributed by atoms with Crippen molar-refractivity contribution in [2.45, 2.75) is 33.1 Å². The highest BCUT2D eigenvalue weighted by molar-refractivity contribution is 6.00. The lowest BCUT2D eigenvalue weighted by molar-refractivity contribution is -0.127. The van der Waals surface area contributed by atoms with Gasteiger partial charge in [-0.25, -0.2) is 0 Å². The van der Waals surface area contributed by atoms with Gasteiger partial charge in [-0.05, 0) is 58.0 Å². The first-order valence-electron chi connectivity index (χ1n) is 7.76. The smallest absolute Gasteiger partial charge is 0.233 e. The van der Waals surface area contributed by atoms with Crippen LogP contribution >= 0.6 is 0 Å². The van der Waals surface area contributed by atoms with Gasteiger partial charge in [0.25, 0.3) is 0 Å². The number of hydrogen-bond donors (Lipinski definition) is 0. The van der Waals surface area contributed by atoms with Crippen LogP contribution in [0, 0.1) is 12.3 Å². The van der Waals surface area contributed by atoms with Gasteiger partial charge in [0, 0.05) is 12.2 Å². The summed E-state index contributed by atoms with van der Waals surface area (Å²) in [5.41, 5.74) is 2.23. The van der Waals surface area contributed by atoms with Gasteiger partial charge in [0.15, 0.2) is 0 Å². The van der Waals surface area contributed by atoms with E-state index in [9.17, 15) is 4.79 Å². The maximum absolute atomic E-state index is 12.9. The molecule has 0 radical (unpaired) electrons. The molecule has 0 aromatic heterocycles. The van der Waals surface area contributed by atoms with E-state index in [1.807, 2.05) is 4.90 Å². The van der Waals surface area contributed by atoms with Crippen molar-refractivity contribution in [3.8, 4) is 0 Å². The largest absolute Gasteiger partial charge is 0.312 e. The van der Waals surface area contributed by atoms with Crippen molar-refractivity contribution in [3.63, 3.8) is 0 Å². The van der Waals surface area contributed by atoms with Crippen LogP contribution in [-0.4, -0.2) is 37.0 Å². The van der Waals surface area contributed by atoms with Gasteiger partial charge in [-0.3, -0.25) is 4.79 Å². The number of rotatable bonds is 2. The van der Waals surface area contributed by atoms with Crippen molar-refractivity contribution in [1.82, 2.24) is 4.90 Å². The Kier molecular flexibility index (Phi) is 3.55. The standard InChI is InChI=1S/C17H24N2O/c1-3-18-11-8-17(9-12-18)10-13-19(16(17)20)15-6-4-14(2)5-7-15/h4-7H,3,8-13H2,1-2H3. The lowest BCUT2D eigenvalue weighted by atomic mass is 9.77. The molecule has 1 aromatic carbocycles. The number of carbonyl (C=O) groups is 1. The summed E-state index contributed by atoms with van der Waals surface area (Å²) in [5, 5.41) is 0. The molecular formula is C17H24N2O. The third kappa shape index (κ3) is 2.24. The van der Waals surface area contributed by atoms with E-state index in [0.29, 0.717) is 5.91 Å². The van der Waals surface area contributed by atoms with Gasteiger partial charge in [0.2, 0.25) is 5.91 Å². The summed E-state index contributed by atoms with van der Waals surface area (Å²) in [6.07, 6.45) is 3.08. The Balaban J connectivity index is 1.76. The molecule has 3 nitrogen and oxygen atoms in total. The minimum absolute atomic E-state index is 0.0729. The van der Waals surface area contributed by atoms with Crippen molar-refractivity contribution in [3.05, 3.63) is 29.8 Å². The average molecular weight is 272 g/mol. The van der Waals surface area contributed by atoms with Crippen LogP contribution in [0.15, 0.2) is 24.3 Å². The molecule has 1 amide bonds. The minimum atomic E-state index is -0.0729. The fourth-order valence-corrected chi connectivity index (χ4v) is 3.55. The van der Waals surface area contributed by atoms with Crippen LogP contribution in [0.1, 0.15) is 31.7 Å². The molecule has 0 N–H and O–H groups in total. The van der Waals surface area contributed by atoms with Crippen molar-refractivity contribution in [1.29, 1.82) is 0 Å². The second-order valence-electron chi connectivity index (χ2n) is 6.26. The average Bonchev–Trinajstić information content (AvgIpc) is 2.79. The van der Waals surface area contributed by atoms with Gasteiger partial charge in [0.05, 0.1) is 5.41 Å². The molecule has 1 aromatic rings. The number of aryl methyl sites for hydroxylation is 1. The van der Waals surface area contributed by atoms with E-state index in [0.717, 1.165) is 51.1 Å². The van der Waals surface area contributed by atoms with Gasteiger partial charge in [-0.1, -0.05) is 24.6 Å². The van der Waals surface area contributed by atoms with E-state index >= 15 is 0 Å². The summed E-state index contributed by atoms with van der Waals surface area (Å²) >= 11 is 0. The molecule has 2 heterocycles. The van der Waals surface area contributed by atoms with E-state index in [2.05, 4.69) is 43.0 Å². The first kappa shape index (κ1) is 13.6. The van der Waals surface area contributed by atoms with E-state index in [1.165, 1.54) is 5.56 Å². The molecule has 2 fully saturated rings. The first-order chi connectivity index (χ1) is 9.64. The van der Waals surface area contributed by atoms with Crippen molar-refractivity contribution < 1.29 is 4.79 Å². The molecule has 0 saturated carbocycles. The quantitative estimate of drug-likeness (QED) is 0.826. The third-order valence-electron chi connectivity index (χ3n) is 5.12. The summed E-state index contributed by atoms with van der Waals surface area (Å²) in [5.74, 6) is 0.358. The molecule has 2 aliphatic rings. The van der Waals surface area contributed by atoms with Gasteiger partial charge >= 0.3 is 0 Å². The summed E-state index contributed by atoms with van der Waals surface area (Å²) in [6, 6.07) is 8.33. The van der Waals surface area contributed by atoms with E-state index in [1.54, 1.807) is 0 Å². The van der Waals surface area contributed by atoms with Crippen LogP contribution < -0.4 is 4.90 Å². The van der Waals surface area contributed by atoms with Crippen LogP contribution in [0.2, 0.25) is 0 Å². The third-order valence-corrected chi connectivity index (χ3v) is 5.12. The number of piperidine rings is 1. The zero-order valence-electron chi connectivity index (χ0n) is 12.6. The summed E-state index contributed by atoms with van der Waals surface area (Å²) in [6.45, 7) is 8.42. The van der Waals surface area contributed by atoms with Crippen LogP contribution in [0.3, 0.4) is 0 Å². The summed E-state index contributed by atoms with van der Waals surface area (Å²) in [7, 11) is 0. The van der Waals surface area contributed by atoms with E-state index < -0.39 is 0 Å². The molecule has 3 heteroatoms. The SMILES string of the molecule is CCN1CCC2(CC1)CCN(c1ccc(C)cc1)C2=O. The molecule has 108 valence electrons. The molecule has 0 bridgehead atoms. The lowest BCUT2D eigenvalue weighted by Crippen LogP contribution is -2.44. The normalized spacial score (nSPS) is 22.7. The molecule has 0 aliphatic carbocycles. The maximum atomic E-state index is 12.9. The van der Waals surface area contributed by atoms with Crippen molar-refractivity contribution in [2.75, 3.05) is 31.1 Å². The van der Waals surface area contributed by atoms with Crippen LogP contribution in [0.5, 0.6) is 0 Å². The highest BCUT2D eigenvalue weighted by Gasteiger charge is 2.48. The molecule has 2 saturated heterocycles. The van der Waals surface area contributed by atoms with Gasteiger partial charge in [-0.15, -0.1) is 0 Å². The monoisotopic (exact) mass is 272 g/mol. The molecule has 3 rings (SSSR count). The minimum Gasteiger partial charge on any atom is -0.312 e. The highest BCUT2D eigenvalue weighted by Crippen LogP contribution is 2.42. The highest BCUT2D eigenvalue weighted by atomic mass is 16.2. The summed E-state index contributed by atoms with van der Waals surface area (Å²) < 4.78 is 0. The maximum Gasteiger partial charge on any atom is 0.233 e. The molecule has 0 unspecified atom stereocenters. The molecular weight excluding hydrogens is 248 g/mol. The van der Waals surface area contributed by atoms with Crippen molar-refractivity contribution >= 4 is 11.6 Å². The van der Waals surface area contributed by atoms with Crippen LogP contribution in [0.4, 0.5) is 5.69 Å². The fourth-order valence-electron chi connectivity index (χ4n) is 3.55. The zero-order chi connectivity index (χ0) is 14.2. The number of hydrogen-bond acceptors (Lipinski definition) is 2. The fraction of sp³-hybridized carbons (Fsp3) is 0.588. The first-order valence-corrected chi connectivity index (χ1v) is 7.76. The van der Waals surface area contributed by atoms with Gasteiger partial charge in [0.1, 0.15) is 0 Å². The second-order valence-corrected chi connectivity index (χ2v) is 6.26. The Hall–Kier alpha value is -1.35. The van der Waals surface area contributed by atoms with Crippen molar-refractivity contribution in [2.24, 2.45) is 5.41 Å². The van der Waals surface area contributed by atoms with Crippen LogP contribution in [-0.2, 0) is 4.79 Å². The number of amides is 1. The Morgan fingerprint density at radius 2 is 1.65 bits per heavy atom. The predicted molar refractivity (Wildman–Crippen MR) is 81.9 cm³/mol. The zero-order valence-corrected chi connectivity index (χ0v) is 12.6. The number of likely N-dealkylation sites (tertiary alicyclic amines) is 1. The van der Waals surface area contributed by atoms with E-state index in [-0.39, 0.29) is 5.41 Å². The molecule has 1 spiro atoms. The number of benzene rings is 1. The Bertz CT molecular complexity index is 486. The number of carbonyl (C=O) groups excluding carboxylic acids is 1. The van der Waals surface area contributed by atoms with Gasteiger partial charge in [-0.2, -0.15) is 0 Å². The Morgan fingerprint density at radius 3 is 2.25 bits per heavy atom. The van der Waals surface area contributed by atoms with E-state index in [4.69, 9.17) is 0 Å². The summed E-state index contributed by atoms with van der Waals surface area (Å²) in [4.78, 5) is 17.3. The van der Waals surface area contributed by atoms with Gasteiger partial charge < -0.3 is 9.80 Å². The number of nitrogens with zero attached hydrogens (tertiary/aromatic N) is 2.